The molecule has 2 saturated heterocycles. The summed E-state index contributed by atoms with van der Waals surface area (Å²) in [6.45, 7) is 4.70. The van der Waals surface area contributed by atoms with Gasteiger partial charge in [0, 0.05) is 24.3 Å². The van der Waals surface area contributed by atoms with E-state index in [2.05, 4.69) is 4.90 Å². The molecule has 2 fully saturated rings. The third-order valence-electron chi connectivity index (χ3n) is 6.94. The van der Waals surface area contributed by atoms with Crippen molar-refractivity contribution in [3.8, 4) is 22.8 Å². The summed E-state index contributed by atoms with van der Waals surface area (Å²) in [6, 6.07) is 14.0. The van der Waals surface area contributed by atoms with E-state index in [0.29, 0.717) is 34.8 Å². The van der Waals surface area contributed by atoms with E-state index in [1.54, 1.807) is 32.4 Å². The van der Waals surface area contributed by atoms with E-state index in [1.165, 1.54) is 6.07 Å². The quantitative estimate of drug-likeness (QED) is 0.322. The average molecular weight is 624 g/mol. The number of benzene rings is 2. The number of aliphatic hydroxyl groups excluding tert-OH is 2. The predicted octanol–water partition coefficient (Wildman–Crippen LogP) is 3.45. The second kappa shape index (κ2) is 15.3. The van der Waals surface area contributed by atoms with Gasteiger partial charge in [-0.3, -0.25) is 4.79 Å². The highest BCUT2D eigenvalue weighted by Gasteiger charge is 2.56. The van der Waals surface area contributed by atoms with Crippen LogP contribution in [0, 0.1) is 0 Å². The molecule has 3 heterocycles. The Morgan fingerprint density at radius 1 is 1.02 bits per heavy atom. The van der Waals surface area contributed by atoms with Gasteiger partial charge in [0.1, 0.15) is 47.3 Å². The SMILES string of the molecule is CN(C)CCCOC1C(C(O)CO)OC2OC(C)(C)OC21.COc1cccc(-c2cc(=O)c3ccc(OC)cc3o2)c1.Cl. The van der Waals surface area contributed by atoms with Gasteiger partial charge in [0.25, 0.3) is 0 Å². The maximum atomic E-state index is 12.2. The summed E-state index contributed by atoms with van der Waals surface area (Å²) < 4.78 is 39.2. The number of ether oxygens (including phenoxy) is 6. The number of rotatable bonds is 10. The monoisotopic (exact) mass is 623 g/mol. The second-order valence-corrected chi connectivity index (χ2v) is 10.9. The first kappa shape index (κ1) is 34.7. The predicted molar refractivity (Wildman–Crippen MR) is 163 cm³/mol. The maximum absolute atomic E-state index is 12.2. The van der Waals surface area contributed by atoms with Crippen LogP contribution in [0.4, 0.5) is 0 Å². The lowest BCUT2D eigenvalue weighted by atomic mass is 10.1. The van der Waals surface area contributed by atoms with Gasteiger partial charge in [-0.05, 0) is 65.2 Å². The lowest BCUT2D eigenvalue weighted by Crippen LogP contribution is -2.44. The van der Waals surface area contributed by atoms with Gasteiger partial charge in [0.2, 0.25) is 0 Å². The van der Waals surface area contributed by atoms with Gasteiger partial charge in [-0.25, -0.2) is 0 Å². The van der Waals surface area contributed by atoms with Crippen LogP contribution in [0.2, 0.25) is 0 Å². The maximum Gasteiger partial charge on any atom is 0.193 e. The number of hydrogen-bond acceptors (Lipinski definition) is 11. The molecule has 0 radical (unpaired) electrons. The lowest BCUT2D eigenvalue weighted by molar-refractivity contribution is -0.231. The van der Waals surface area contributed by atoms with E-state index in [-0.39, 0.29) is 30.5 Å². The molecule has 1 aromatic heterocycles. The number of halogens is 1. The molecule has 238 valence electrons. The van der Waals surface area contributed by atoms with Crippen LogP contribution < -0.4 is 14.9 Å². The summed E-state index contributed by atoms with van der Waals surface area (Å²) in [7, 11) is 7.18. The average Bonchev–Trinajstić information content (AvgIpc) is 3.46. The molecule has 5 atom stereocenters. The minimum absolute atomic E-state index is 0. The summed E-state index contributed by atoms with van der Waals surface area (Å²) in [4.78, 5) is 14.3. The fraction of sp³-hybridized carbons (Fsp3) is 0.516. The summed E-state index contributed by atoms with van der Waals surface area (Å²) in [5, 5.41) is 19.6. The van der Waals surface area contributed by atoms with Gasteiger partial charge >= 0.3 is 0 Å². The Kier molecular flexibility index (Phi) is 12.4. The number of hydrogen-bond donors (Lipinski definition) is 2. The first-order chi connectivity index (χ1) is 20.0. The largest absolute Gasteiger partial charge is 0.497 e. The van der Waals surface area contributed by atoms with Gasteiger partial charge in [-0.15, -0.1) is 12.4 Å². The minimum atomic E-state index is -1.01. The van der Waals surface area contributed by atoms with E-state index in [1.807, 2.05) is 52.2 Å². The molecule has 5 rings (SSSR count). The number of aliphatic hydroxyl groups is 2. The molecule has 0 amide bonds. The molecule has 5 unspecified atom stereocenters. The highest BCUT2D eigenvalue weighted by molar-refractivity contribution is 5.85. The summed E-state index contributed by atoms with van der Waals surface area (Å²) >= 11 is 0. The van der Waals surface area contributed by atoms with Gasteiger partial charge in [0.05, 0.1) is 26.2 Å². The smallest absolute Gasteiger partial charge is 0.193 e. The zero-order valence-corrected chi connectivity index (χ0v) is 26.2. The minimum Gasteiger partial charge on any atom is -0.497 e. The van der Waals surface area contributed by atoms with Crippen molar-refractivity contribution in [3.63, 3.8) is 0 Å². The molecule has 43 heavy (non-hydrogen) atoms. The topological polar surface area (TPSA) is 129 Å². The number of fused-ring (bicyclic) bond motifs is 2. The fourth-order valence-electron chi connectivity index (χ4n) is 4.89. The summed E-state index contributed by atoms with van der Waals surface area (Å²) in [6.07, 6.45) is -2.17. The molecule has 12 heteroatoms. The first-order valence-corrected chi connectivity index (χ1v) is 13.9. The summed E-state index contributed by atoms with van der Waals surface area (Å²) in [5.74, 6) is 1.13. The van der Waals surface area contributed by atoms with Crippen LogP contribution in [0.3, 0.4) is 0 Å². The molecule has 2 aliphatic heterocycles. The Labute approximate surface area is 257 Å². The van der Waals surface area contributed by atoms with Gasteiger partial charge in [0.15, 0.2) is 17.5 Å². The van der Waals surface area contributed by atoms with Crippen LogP contribution in [0.1, 0.15) is 20.3 Å². The van der Waals surface area contributed by atoms with Crippen LogP contribution in [-0.2, 0) is 18.9 Å². The summed E-state index contributed by atoms with van der Waals surface area (Å²) in [5.41, 5.74) is 1.20. The van der Waals surface area contributed by atoms with Crippen LogP contribution in [0.5, 0.6) is 11.5 Å². The lowest BCUT2D eigenvalue weighted by Gasteiger charge is -2.28. The van der Waals surface area contributed by atoms with E-state index >= 15 is 0 Å². The molecule has 0 saturated carbocycles. The Hall–Kier alpha value is -2.74. The first-order valence-electron chi connectivity index (χ1n) is 13.9. The molecule has 3 aromatic rings. The van der Waals surface area contributed by atoms with E-state index in [4.69, 9.17) is 37.9 Å². The number of nitrogens with zero attached hydrogens (tertiary/aromatic N) is 1. The van der Waals surface area contributed by atoms with Crippen molar-refractivity contribution in [1.29, 1.82) is 0 Å². The number of methoxy groups -OCH3 is 2. The molecule has 2 N–H and O–H groups in total. The molecule has 0 bridgehead atoms. The highest BCUT2D eigenvalue weighted by atomic mass is 35.5. The van der Waals surface area contributed by atoms with Crippen molar-refractivity contribution >= 4 is 23.4 Å². The van der Waals surface area contributed by atoms with E-state index in [9.17, 15) is 9.90 Å². The Morgan fingerprint density at radius 3 is 2.42 bits per heavy atom. The van der Waals surface area contributed by atoms with E-state index in [0.717, 1.165) is 18.5 Å². The fourth-order valence-corrected chi connectivity index (χ4v) is 4.89. The van der Waals surface area contributed by atoms with Crippen molar-refractivity contribution in [1.82, 2.24) is 4.90 Å². The van der Waals surface area contributed by atoms with E-state index < -0.39 is 30.4 Å². The zero-order chi connectivity index (χ0) is 30.4. The van der Waals surface area contributed by atoms with Gasteiger partial charge < -0.3 is 48.0 Å². The molecule has 0 aliphatic carbocycles. The zero-order valence-electron chi connectivity index (χ0n) is 25.3. The third-order valence-corrected chi connectivity index (χ3v) is 6.94. The Balaban J connectivity index is 0.000000230. The van der Waals surface area contributed by atoms with Crippen molar-refractivity contribution < 1.29 is 43.1 Å². The Bertz CT molecular complexity index is 1380. The second-order valence-electron chi connectivity index (χ2n) is 10.9. The van der Waals surface area contributed by atoms with Crippen LogP contribution in [0.15, 0.2) is 57.7 Å². The van der Waals surface area contributed by atoms with Crippen molar-refractivity contribution in [2.75, 3.05) is 48.1 Å². The molecular weight excluding hydrogens is 582 g/mol. The molecule has 2 aromatic carbocycles. The van der Waals surface area contributed by atoms with Crippen molar-refractivity contribution in [3.05, 3.63) is 58.8 Å². The molecule has 2 aliphatic rings. The normalized spacial score (nSPS) is 22.8. The molecular formula is C31H42ClNO10. The molecule has 11 nitrogen and oxygen atoms in total. The van der Waals surface area contributed by atoms with Gasteiger partial charge in [-0.1, -0.05) is 12.1 Å². The van der Waals surface area contributed by atoms with Crippen molar-refractivity contribution in [2.45, 2.75) is 56.8 Å². The van der Waals surface area contributed by atoms with Crippen LogP contribution >= 0.6 is 12.4 Å². The standard InChI is InChI=1S/C17H14O4.C14H27NO6.ClH/c1-19-12-5-3-4-11(8-12)16-10-15(18)14-7-6-13(20-2)9-17(14)21-16;1-14(2)20-12-11(18-7-5-6-15(3)4)10(9(17)8-16)19-13(12)21-14;/h3-10H,1-2H3;9-13,16-17H,5-8H2,1-4H3;1H. The Morgan fingerprint density at radius 2 is 1.74 bits per heavy atom. The van der Waals surface area contributed by atoms with Gasteiger partial charge in [-0.2, -0.15) is 0 Å². The highest BCUT2D eigenvalue weighted by Crippen LogP contribution is 2.39. The van der Waals surface area contributed by atoms with Crippen LogP contribution in [0.25, 0.3) is 22.3 Å². The van der Waals surface area contributed by atoms with Crippen LogP contribution in [-0.4, -0.2) is 99.7 Å². The molecule has 0 spiro atoms. The van der Waals surface area contributed by atoms with Crippen molar-refractivity contribution in [2.24, 2.45) is 0 Å². The third kappa shape index (κ3) is 8.68.